The van der Waals surface area contributed by atoms with Gasteiger partial charge < -0.3 is 30.9 Å². The van der Waals surface area contributed by atoms with E-state index in [9.17, 15) is 36.4 Å². The molecule has 0 radical (unpaired) electrons. The number of benzene rings is 6. The number of ether oxygens (including phenoxy) is 1. The number of rotatable bonds is 17. The van der Waals surface area contributed by atoms with Gasteiger partial charge in [0.15, 0.2) is 17.1 Å². The van der Waals surface area contributed by atoms with Gasteiger partial charge in [0.25, 0.3) is 17.7 Å². The first-order valence-corrected chi connectivity index (χ1v) is 39.6. The van der Waals surface area contributed by atoms with E-state index in [0.717, 1.165) is 77.0 Å². The highest BCUT2D eigenvalue weighted by atomic mass is 35.5. The Morgan fingerprint density at radius 3 is 1.38 bits per heavy atom. The van der Waals surface area contributed by atoms with E-state index in [0.29, 0.717) is 97.0 Å². The van der Waals surface area contributed by atoms with Crippen molar-refractivity contribution in [3.63, 3.8) is 0 Å². The summed E-state index contributed by atoms with van der Waals surface area (Å²) in [5, 5.41) is 30.2. The molecule has 9 heterocycles. The zero-order chi connectivity index (χ0) is 79.5. The predicted octanol–water partition coefficient (Wildman–Crippen LogP) is 14.8. The van der Waals surface area contributed by atoms with Crippen LogP contribution < -0.4 is 31.4 Å². The maximum atomic E-state index is 13.7. The number of pyridine rings is 2. The number of amides is 5. The van der Waals surface area contributed by atoms with E-state index in [1.165, 1.54) is 35.0 Å². The Kier molecular flexibility index (Phi) is 25.3. The van der Waals surface area contributed by atoms with Gasteiger partial charge in [-0.05, 0) is 219 Å². The van der Waals surface area contributed by atoms with Crippen LogP contribution in [0.3, 0.4) is 0 Å². The van der Waals surface area contributed by atoms with Gasteiger partial charge in [-0.1, -0.05) is 89.8 Å². The van der Waals surface area contributed by atoms with Gasteiger partial charge in [-0.2, -0.15) is 19.6 Å². The van der Waals surface area contributed by atoms with Crippen molar-refractivity contribution in [1.29, 1.82) is 0 Å². The Morgan fingerprint density at radius 2 is 0.947 bits per heavy atom. The molecule has 1 fully saturated rings. The van der Waals surface area contributed by atoms with Gasteiger partial charge in [-0.25, -0.2) is 41.0 Å². The summed E-state index contributed by atoms with van der Waals surface area (Å²) < 4.78 is 64.4. The number of hydrogen-bond acceptors (Lipinski definition) is 14. The van der Waals surface area contributed by atoms with E-state index in [1.807, 2.05) is 152 Å². The number of nitrogens with zero attached hydrogens (tertiary/aromatic N) is 11. The van der Waals surface area contributed by atoms with Crippen molar-refractivity contribution in [2.24, 2.45) is 0 Å². The fourth-order valence-electron chi connectivity index (χ4n) is 13.6. The minimum absolute atomic E-state index is 0.00241. The molecule has 5 amide bonds. The normalized spacial score (nSPS) is 15.8. The summed E-state index contributed by atoms with van der Waals surface area (Å²) in [4.78, 5) is 63.9. The first kappa shape index (κ1) is 79.6. The number of sulfonamides is 1. The van der Waals surface area contributed by atoms with Crippen LogP contribution in [0.5, 0.6) is 5.75 Å². The first-order chi connectivity index (χ1) is 54.5. The number of methoxy groups -OCH3 is 1. The fraction of sp³-hybridized carbons (Fsp3) is 0.226. The third-order valence-corrected chi connectivity index (χ3v) is 21.2. The highest BCUT2D eigenvalue weighted by Gasteiger charge is 2.38. The lowest BCUT2D eigenvalue weighted by atomic mass is 9.97. The number of carbonyl (C=O) groups excluding carboxylic acids is 4. The number of hydrazine groups is 1. The molecule has 0 bridgehead atoms. The molecule has 0 saturated carbocycles. The molecular weight excluding hydrogens is 1520 g/mol. The van der Waals surface area contributed by atoms with Crippen LogP contribution in [0.4, 0.5) is 13.6 Å². The number of urea groups is 1. The molecule has 5 N–H and O–H groups in total. The van der Waals surface area contributed by atoms with Gasteiger partial charge in [-0.15, -0.1) is 0 Å². The van der Waals surface area contributed by atoms with Gasteiger partial charge in [0.1, 0.15) is 17.4 Å². The minimum Gasteiger partial charge on any atom is -0.497 e. The molecule has 2 atom stereocenters. The SMILES string of the molecule is CCNC(=O)N1C/C(=C\c2ccc(F)cc2)c2c(c(C(=O)NC(C)c3ccccn3)nn2-c2ccc(Cl)cc2)C1.COc1ccc(/C=C2\CN(S(C)(=O)=O)Cc3c(C(=O)NC(C)c4ccccn4)nn(-c4ccc(Cl)cc4)c32)cc1.O=C(NN1CCCCC1)c1nn(-c2ccc(Cl)cc2)c2c1CNC/C2=C\c1ccc(F)cc1. The van der Waals surface area contributed by atoms with Crippen molar-refractivity contribution in [2.45, 2.75) is 71.8 Å². The van der Waals surface area contributed by atoms with Crippen LogP contribution in [0.25, 0.3) is 52.0 Å². The van der Waals surface area contributed by atoms with Crippen molar-refractivity contribution < 1.29 is 41.1 Å². The lowest BCUT2D eigenvalue weighted by molar-refractivity contribution is 0.0742. The lowest BCUT2D eigenvalue weighted by Gasteiger charge is -2.30. The number of nitrogens with one attached hydrogen (secondary N) is 5. The molecular formula is C84H81Cl3F2N16O7S. The summed E-state index contributed by atoms with van der Waals surface area (Å²) in [5.74, 6) is -0.936. The number of piperidine rings is 1. The Bertz CT molecular complexity index is 5470. The minimum atomic E-state index is -3.60. The third kappa shape index (κ3) is 19.2. The van der Waals surface area contributed by atoms with Crippen LogP contribution in [-0.4, -0.2) is 138 Å². The summed E-state index contributed by atoms with van der Waals surface area (Å²) in [6.45, 7) is 9.38. The second-order valence-electron chi connectivity index (χ2n) is 27.3. The lowest BCUT2D eigenvalue weighted by Crippen LogP contribution is -2.45. The molecule has 4 aliphatic rings. The number of halogens is 5. The van der Waals surface area contributed by atoms with Gasteiger partial charge in [0.05, 0.1) is 77.5 Å². The highest BCUT2D eigenvalue weighted by Crippen LogP contribution is 2.38. The molecule has 6 aromatic carbocycles. The molecule has 29 heteroatoms. The molecule has 5 aromatic heterocycles. The number of carbonyl (C=O) groups is 4. The van der Waals surface area contributed by atoms with Crippen molar-refractivity contribution >= 4 is 104 Å². The molecule has 0 aliphatic carbocycles. The topological polar surface area (TPSA) is 261 Å². The van der Waals surface area contributed by atoms with E-state index in [4.69, 9.17) is 54.8 Å². The zero-order valence-electron chi connectivity index (χ0n) is 62.4. The Balaban J connectivity index is 0.000000149. The second-order valence-corrected chi connectivity index (χ2v) is 30.6. The molecule has 4 aliphatic heterocycles. The van der Waals surface area contributed by atoms with Crippen molar-refractivity contribution in [3.05, 3.63) is 300 Å². The smallest absolute Gasteiger partial charge is 0.317 e. The Hall–Kier alpha value is -11.5. The van der Waals surface area contributed by atoms with E-state index < -0.39 is 22.0 Å². The second kappa shape index (κ2) is 35.9. The average molecular weight is 1600 g/mol. The Labute approximate surface area is 668 Å². The van der Waals surface area contributed by atoms with E-state index in [2.05, 4.69) is 36.7 Å². The Morgan fingerprint density at radius 1 is 0.522 bits per heavy atom. The van der Waals surface area contributed by atoms with Gasteiger partial charge in [-0.3, -0.25) is 29.8 Å². The summed E-state index contributed by atoms with van der Waals surface area (Å²) >= 11 is 18.4. The van der Waals surface area contributed by atoms with Gasteiger partial charge in [0, 0.05) is 96.5 Å². The van der Waals surface area contributed by atoms with Crippen molar-refractivity contribution in [2.75, 3.05) is 52.6 Å². The first-order valence-electron chi connectivity index (χ1n) is 36.7. The number of aromatic nitrogens is 8. The quantitative estimate of drug-likeness (QED) is 0.0568. The van der Waals surface area contributed by atoms with E-state index in [-0.39, 0.29) is 73.1 Å². The monoisotopic (exact) mass is 1600 g/mol. The molecule has 15 rings (SSSR count). The summed E-state index contributed by atoms with van der Waals surface area (Å²) in [6.07, 6.45) is 13.6. The van der Waals surface area contributed by atoms with Gasteiger partial charge in [0.2, 0.25) is 10.0 Å². The third-order valence-electron chi connectivity index (χ3n) is 19.3. The van der Waals surface area contributed by atoms with Crippen LogP contribution in [-0.2, 0) is 29.7 Å². The number of hydrogen-bond donors (Lipinski definition) is 5. The summed E-state index contributed by atoms with van der Waals surface area (Å²) in [7, 11) is -2.00. The van der Waals surface area contributed by atoms with E-state index >= 15 is 0 Å². The van der Waals surface area contributed by atoms with Crippen LogP contribution in [0.15, 0.2) is 194 Å². The summed E-state index contributed by atoms with van der Waals surface area (Å²) in [6, 6.07) is 51.5. The molecule has 113 heavy (non-hydrogen) atoms. The number of fused-ring (bicyclic) bond motifs is 3. The maximum Gasteiger partial charge on any atom is 0.317 e. The van der Waals surface area contributed by atoms with Crippen LogP contribution in [0.1, 0.15) is 145 Å². The molecule has 11 aromatic rings. The predicted molar refractivity (Wildman–Crippen MR) is 435 cm³/mol. The fourth-order valence-corrected chi connectivity index (χ4v) is 14.8. The molecule has 0 spiro atoms. The van der Waals surface area contributed by atoms with Crippen LogP contribution >= 0.6 is 34.8 Å². The summed E-state index contributed by atoms with van der Waals surface area (Å²) in [5.41, 5.74) is 16.5. The maximum absolute atomic E-state index is 13.7. The van der Waals surface area contributed by atoms with Crippen LogP contribution in [0.2, 0.25) is 15.1 Å². The molecule has 2 unspecified atom stereocenters. The largest absolute Gasteiger partial charge is 0.497 e. The molecule has 23 nitrogen and oxygen atoms in total. The van der Waals surface area contributed by atoms with E-state index in [1.54, 1.807) is 88.4 Å². The highest BCUT2D eigenvalue weighted by molar-refractivity contribution is 7.88. The molecule has 1 saturated heterocycles. The molecule has 580 valence electrons. The zero-order valence-corrected chi connectivity index (χ0v) is 65.5. The van der Waals surface area contributed by atoms with Crippen molar-refractivity contribution in [1.82, 2.24) is 80.2 Å². The van der Waals surface area contributed by atoms with Crippen molar-refractivity contribution in [3.8, 4) is 22.8 Å². The van der Waals surface area contributed by atoms with Gasteiger partial charge >= 0.3 is 6.03 Å². The van der Waals surface area contributed by atoms with Crippen LogP contribution in [0, 0.1) is 11.6 Å². The average Bonchev–Trinajstić information content (AvgIpc) is 1.63. The standard InChI is InChI=1S/C30H28ClFN6O2.C29H28ClN5O4S.C25H25ClFN5O/c1-3-33-30(40)37-17-21(16-20-7-11-23(32)12-8-20)28-25(18-37)27(36-38(28)24-13-9-22(31)10-14-24)29(39)35-19(2)26-6-4-5-15-34-26;1-19(26-6-4-5-15-31-26)32-29(36)27-25-18-34(40(3,37)38)17-21(16-20-7-13-24(39-2)14-8-20)28(25)35(33-27)23-11-9-22(30)10-12-23;26-19-6-10-21(11-7-19)32-24-18(14-17-4-8-20(27)9-5-17)15-28-16-22(24)23(29-32)25(33)30-31-12-2-1-3-13-31/h4-16,19H,3,17-18H2,1-2H3,(H,33,40)(H,35,39);4-16,19H,17-18H2,1-3H3,(H,32,36);4-11,14,28H,1-3,12-13,15-16H2,(H,30,33)/b2*21-16+;18-14+.